The zero-order valence-corrected chi connectivity index (χ0v) is 15.0. The molecule has 1 saturated heterocycles. The van der Waals surface area contributed by atoms with E-state index in [2.05, 4.69) is 14.7 Å². The minimum Gasteiger partial charge on any atom is -0.463 e. The van der Waals surface area contributed by atoms with E-state index >= 15 is 0 Å². The van der Waals surface area contributed by atoms with Gasteiger partial charge in [0.25, 0.3) is 0 Å². The summed E-state index contributed by atoms with van der Waals surface area (Å²) < 4.78 is 23.2. The molecule has 0 aromatic heterocycles. The molecule has 1 heterocycles. The maximum absolute atomic E-state index is 11.4. The standard InChI is InChI=1S/C13H18N4O8S/c1-6(19)22-4-9-11(23-7(2)20)10(16-17-14)12(24-8(3)21)13(25-9)26-15-5-18/h5,9-13H,4H2,1-3H3,(H,15,18)/t9-,10+,11+,12-,13+/m1/s1. The smallest absolute Gasteiger partial charge is 0.303 e. The Morgan fingerprint density at radius 2 is 1.81 bits per heavy atom. The number of amides is 1. The van der Waals surface area contributed by atoms with Crippen molar-refractivity contribution >= 4 is 36.3 Å². The van der Waals surface area contributed by atoms with Crippen molar-refractivity contribution in [2.24, 2.45) is 5.11 Å². The molecule has 0 saturated carbocycles. The fraction of sp³-hybridized carbons (Fsp3) is 0.692. The lowest BCUT2D eigenvalue weighted by atomic mass is 9.97. The van der Waals surface area contributed by atoms with Crippen molar-refractivity contribution in [1.82, 2.24) is 4.72 Å². The monoisotopic (exact) mass is 390 g/mol. The summed E-state index contributed by atoms with van der Waals surface area (Å²) in [6.45, 7) is 3.13. The van der Waals surface area contributed by atoms with E-state index in [1.807, 2.05) is 0 Å². The third-order valence-electron chi connectivity index (χ3n) is 3.09. The fourth-order valence-electron chi connectivity index (χ4n) is 2.26. The molecule has 13 heteroatoms. The number of carbonyl (C=O) groups is 4. The van der Waals surface area contributed by atoms with Crippen LogP contribution in [0.1, 0.15) is 20.8 Å². The van der Waals surface area contributed by atoms with Crippen molar-refractivity contribution in [2.75, 3.05) is 6.61 Å². The molecular formula is C13H18N4O8S. The maximum Gasteiger partial charge on any atom is 0.303 e. The molecule has 0 spiro atoms. The molecular weight excluding hydrogens is 372 g/mol. The van der Waals surface area contributed by atoms with Gasteiger partial charge in [-0.1, -0.05) is 5.11 Å². The lowest BCUT2D eigenvalue weighted by molar-refractivity contribution is -0.201. The number of carbonyl (C=O) groups excluding carboxylic acids is 4. The molecule has 0 bridgehead atoms. The van der Waals surface area contributed by atoms with E-state index in [1.165, 1.54) is 6.92 Å². The van der Waals surface area contributed by atoms with E-state index in [0.717, 1.165) is 25.8 Å². The number of nitrogens with one attached hydrogen (secondary N) is 1. The van der Waals surface area contributed by atoms with E-state index in [9.17, 15) is 19.2 Å². The average molecular weight is 390 g/mol. The Morgan fingerprint density at radius 1 is 1.19 bits per heavy atom. The van der Waals surface area contributed by atoms with Crippen LogP contribution in [0.15, 0.2) is 5.11 Å². The van der Waals surface area contributed by atoms with Crippen molar-refractivity contribution in [3.63, 3.8) is 0 Å². The van der Waals surface area contributed by atoms with Gasteiger partial charge in [-0.05, 0) is 17.5 Å². The van der Waals surface area contributed by atoms with Gasteiger partial charge in [0.2, 0.25) is 6.41 Å². The summed E-state index contributed by atoms with van der Waals surface area (Å²) in [5, 5.41) is 3.56. The van der Waals surface area contributed by atoms with E-state index in [0.29, 0.717) is 6.41 Å². The molecule has 1 amide bonds. The SMILES string of the molecule is CC(=O)OC[C@H]1O[C@@H](SNC=O)[C@H](OC(C)=O)[C@@H](N=[N+]=[N-])[C@H]1OC(C)=O. The number of rotatable bonds is 8. The molecule has 0 radical (unpaired) electrons. The number of ether oxygens (including phenoxy) is 4. The lowest BCUT2D eigenvalue weighted by Gasteiger charge is -2.42. The van der Waals surface area contributed by atoms with Gasteiger partial charge < -0.3 is 23.7 Å². The van der Waals surface area contributed by atoms with Gasteiger partial charge in [0.15, 0.2) is 11.5 Å². The van der Waals surface area contributed by atoms with Crippen molar-refractivity contribution in [3.8, 4) is 0 Å². The maximum atomic E-state index is 11.4. The highest BCUT2D eigenvalue weighted by atomic mass is 32.2. The zero-order valence-electron chi connectivity index (χ0n) is 14.2. The average Bonchev–Trinajstić information content (AvgIpc) is 2.54. The van der Waals surface area contributed by atoms with Crippen molar-refractivity contribution < 1.29 is 38.1 Å². The molecule has 1 rings (SSSR count). The summed E-state index contributed by atoms with van der Waals surface area (Å²) in [6, 6.07) is -1.17. The summed E-state index contributed by atoms with van der Waals surface area (Å²) in [7, 11) is 0. The Hall–Kier alpha value is -2.50. The second kappa shape index (κ2) is 10.5. The van der Waals surface area contributed by atoms with E-state index in [4.69, 9.17) is 24.5 Å². The van der Waals surface area contributed by atoms with Crippen LogP contribution in [0.4, 0.5) is 0 Å². The van der Waals surface area contributed by atoms with Gasteiger partial charge >= 0.3 is 17.9 Å². The number of esters is 3. The summed E-state index contributed by atoms with van der Waals surface area (Å²) in [4.78, 5) is 47.2. The second-order valence-electron chi connectivity index (χ2n) is 5.04. The van der Waals surface area contributed by atoms with Crippen LogP contribution in [0, 0.1) is 0 Å². The van der Waals surface area contributed by atoms with Crippen LogP contribution in [0.2, 0.25) is 0 Å². The molecule has 12 nitrogen and oxygen atoms in total. The van der Waals surface area contributed by atoms with Crippen LogP contribution < -0.4 is 4.72 Å². The van der Waals surface area contributed by atoms with Crippen LogP contribution >= 0.6 is 11.9 Å². The molecule has 1 N–H and O–H groups in total. The first-order valence-corrected chi connectivity index (χ1v) is 8.20. The fourth-order valence-corrected chi connectivity index (χ4v) is 3.00. The van der Waals surface area contributed by atoms with Crippen molar-refractivity contribution in [3.05, 3.63) is 10.4 Å². The van der Waals surface area contributed by atoms with E-state index in [-0.39, 0.29) is 6.61 Å². The van der Waals surface area contributed by atoms with Gasteiger partial charge in [-0.25, -0.2) is 0 Å². The van der Waals surface area contributed by atoms with Gasteiger partial charge in [0, 0.05) is 25.7 Å². The minimum atomic E-state index is -1.18. The zero-order chi connectivity index (χ0) is 19.7. The first-order chi connectivity index (χ1) is 12.3. The predicted octanol–water partition coefficient (Wildman–Crippen LogP) is 0.211. The molecule has 144 valence electrons. The molecule has 0 unspecified atom stereocenters. The van der Waals surface area contributed by atoms with Crippen molar-refractivity contribution in [2.45, 2.75) is 50.6 Å². The quantitative estimate of drug-likeness (QED) is 0.116. The second-order valence-corrected chi connectivity index (χ2v) is 5.98. The largest absolute Gasteiger partial charge is 0.463 e. The van der Waals surface area contributed by atoms with Crippen LogP contribution in [0.5, 0.6) is 0 Å². The highest BCUT2D eigenvalue weighted by molar-refractivity contribution is 7.98. The number of hydrogen-bond donors (Lipinski definition) is 1. The molecule has 0 aliphatic carbocycles. The van der Waals surface area contributed by atoms with Gasteiger partial charge in [0.05, 0.1) is 0 Å². The molecule has 5 atom stereocenters. The van der Waals surface area contributed by atoms with E-state index < -0.39 is 47.7 Å². The topological polar surface area (TPSA) is 166 Å². The summed E-state index contributed by atoms with van der Waals surface area (Å²) in [6.07, 6.45) is -2.99. The van der Waals surface area contributed by atoms with Crippen molar-refractivity contribution in [1.29, 1.82) is 0 Å². The Bertz CT molecular complexity index is 597. The Morgan fingerprint density at radius 3 is 2.31 bits per heavy atom. The highest BCUT2D eigenvalue weighted by Crippen LogP contribution is 2.33. The number of nitrogens with zero attached hydrogens (tertiary/aromatic N) is 3. The van der Waals surface area contributed by atoms with Gasteiger partial charge in [-0.3, -0.25) is 19.2 Å². The van der Waals surface area contributed by atoms with Gasteiger partial charge in [-0.15, -0.1) is 0 Å². The highest BCUT2D eigenvalue weighted by Gasteiger charge is 2.50. The molecule has 0 aromatic carbocycles. The van der Waals surface area contributed by atoms with Crippen LogP contribution in [0.3, 0.4) is 0 Å². The van der Waals surface area contributed by atoms with Crippen LogP contribution in [-0.2, 0) is 38.1 Å². The van der Waals surface area contributed by atoms with E-state index in [1.54, 1.807) is 0 Å². The number of azide groups is 1. The third kappa shape index (κ3) is 6.43. The first kappa shape index (κ1) is 21.5. The molecule has 1 fully saturated rings. The summed E-state index contributed by atoms with van der Waals surface area (Å²) in [5.74, 6) is -2.01. The first-order valence-electron chi connectivity index (χ1n) is 7.32. The van der Waals surface area contributed by atoms with Crippen LogP contribution in [0.25, 0.3) is 10.4 Å². The molecule has 1 aliphatic heterocycles. The molecule has 0 aromatic rings. The Balaban J connectivity index is 3.22. The van der Waals surface area contributed by atoms with Gasteiger partial charge in [0.1, 0.15) is 24.9 Å². The lowest BCUT2D eigenvalue weighted by Crippen LogP contribution is -2.59. The summed E-state index contributed by atoms with van der Waals surface area (Å²) in [5.41, 5.74) is 7.85. The Kier molecular flexibility index (Phi) is 8.68. The minimum absolute atomic E-state index is 0.310. The van der Waals surface area contributed by atoms with Crippen LogP contribution in [-0.4, -0.2) is 60.7 Å². The molecule has 1 aliphatic rings. The summed E-state index contributed by atoms with van der Waals surface area (Å²) >= 11 is 0.754. The normalized spacial score (nSPS) is 27.4. The van der Waals surface area contributed by atoms with Gasteiger partial charge in [-0.2, -0.15) is 0 Å². The number of hydrogen-bond acceptors (Lipinski definition) is 10. The molecule has 26 heavy (non-hydrogen) atoms. The Labute approximate surface area is 152 Å². The third-order valence-corrected chi connectivity index (χ3v) is 3.93. The predicted molar refractivity (Wildman–Crippen MR) is 86.1 cm³/mol.